The third-order valence-electron chi connectivity index (χ3n) is 5.67. The van der Waals surface area contributed by atoms with Crippen molar-refractivity contribution < 1.29 is 23.4 Å². The van der Waals surface area contributed by atoms with E-state index < -0.39 is 24.7 Å². The Morgan fingerprint density at radius 2 is 2.23 bits per heavy atom. The fraction of sp³-hybridized carbons (Fsp3) is 0.273. The second-order valence-corrected chi connectivity index (χ2v) is 8.35. The van der Waals surface area contributed by atoms with Crippen molar-refractivity contribution in [3.63, 3.8) is 0 Å². The molecule has 10 nitrogen and oxygen atoms in total. The Morgan fingerprint density at radius 1 is 1.37 bits per heavy atom. The SMILES string of the molecule is O=C(Nc1cn([C@@H]2CCNC[C@@H]2O)nc1-c1cc(Cl)ccc1OC(F)F)c1cnn2cccnc12. The molecule has 3 aromatic heterocycles. The normalized spacial score (nSPS) is 18.2. The van der Waals surface area contributed by atoms with Gasteiger partial charge in [0.15, 0.2) is 5.65 Å². The van der Waals surface area contributed by atoms with Crippen molar-refractivity contribution in [1.82, 2.24) is 29.7 Å². The zero-order valence-corrected chi connectivity index (χ0v) is 18.9. The molecule has 3 N–H and O–H groups in total. The third-order valence-corrected chi connectivity index (χ3v) is 5.91. The number of alkyl halides is 2. The van der Waals surface area contributed by atoms with E-state index in [0.29, 0.717) is 25.2 Å². The highest BCUT2D eigenvalue weighted by Crippen LogP contribution is 2.38. The number of halogens is 3. The van der Waals surface area contributed by atoms with Gasteiger partial charge >= 0.3 is 6.61 Å². The van der Waals surface area contributed by atoms with E-state index in [1.54, 1.807) is 18.5 Å². The molecule has 1 amide bonds. The predicted octanol–water partition coefficient (Wildman–Crippen LogP) is 3.00. The van der Waals surface area contributed by atoms with Crippen molar-refractivity contribution in [2.45, 2.75) is 25.2 Å². The summed E-state index contributed by atoms with van der Waals surface area (Å²) in [6.07, 6.45) is 5.96. The van der Waals surface area contributed by atoms with Gasteiger partial charge in [-0.2, -0.15) is 19.0 Å². The summed E-state index contributed by atoms with van der Waals surface area (Å²) in [6.45, 7) is -2.05. The minimum absolute atomic E-state index is 0.159. The number of hydrogen-bond donors (Lipinski definition) is 3. The Hall–Kier alpha value is -3.61. The number of rotatable bonds is 6. The van der Waals surface area contributed by atoms with Crippen LogP contribution in [0.5, 0.6) is 5.75 Å². The van der Waals surface area contributed by atoms with Crippen molar-refractivity contribution in [3.8, 4) is 17.0 Å². The van der Waals surface area contributed by atoms with Gasteiger partial charge in [0, 0.05) is 35.7 Å². The van der Waals surface area contributed by atoms with Crippen LogP contribution in [0.2, 0.25) is 5.02 Å². The number of β-amino-alcohol motifs (C(OH)–C–C–N with tert-alkyl or cyclic N) is 1. The van der Waals surface area contributed by atoms with E-state index in [0.717, 1.165) is 0 Å². The molecule has 4 heterocycles. The molecule has 1 aromatic carbocycles. The zero-order valence-electron chi connectivity index (χ0n) is 18.1. The number of nitrogens with zero attached hydrogens (tertiary/aromatic N) is 5. The summed E-state index contributed by atoms with van der Waals surface area (Å²) in [7, 11) is 0. The number of carbonyl (C=O) groups is 1. The van der Waals surface area contributed by atoms with E-state index in [4.69, 9.17) is 11.6 Å². The molecule has 1 aliphatic rings. The van der Waals surface area contributed by atoms with Gasteiger partial charge in [-0.15, -0.1) is 0 Å². The lowest BCUT2D eigenvalue weighted by atomic mass is 10.0. The molecule has 5 rings (SSSR count). The molecule has 1 saturated heterocycles. The number of benzene rings is 1. The number of aliphatic hydroxyl groups is 1. The van der Waals surface area contributed by atoms with Crippen LogP contribution in [0.3, 0.4) is 0 Å². The molecule has 182 valence electrons. The molecular formula is C22H20ClF2N7O3. The number of aliphatic hydroxyl groups excluding tert-OH is 1. The number of anilines is 1. The fourth-order valence-corrected chi connectivity index (χ4v) is 4.22. The lowest BCUT2D eigenvalue weighted by molar-refractivity contribution is -0.0494. The fourth-order valence-electron chi connectivity index (χ4n) is 4.05. The lowest BCUT2D eigenvalue weighted by Gasteiger charge is -2.28. The van der Waals surface area contributed by atoms with E-state index in [1.807, 2.05) is 0 Å². The van der Waals surface area contributed by atoms with Gasteiger partial charge in [0.1, 0.15) is 17.0 Å². The van der Waals surface area contributed by atoms with Crippen molar-refractivity contribution in [2.24, 2.45) is 0 Å². The van der Waals surface area contributed by atoms with Crippen LogP contribution in [0.25, 0.3) is 16.9 Å². The minimum atomic E-state index is -3.08. The summed E-state index contributed by atoms with van der Waals surface area (Å²) in [5.74, 6) is -0.683. The molecule has 0 saturated carbocycles. The molecule has 4 aromatic rings. The quantitative estimate of drug-likeness (QED) is 0.370. The second kappa shape index (κ2) is 9.56. The topological polar surface area (TPSA) is 119 Å². The molecule has 1 fully saturated rings. The van der Waals surface area contributed by atoms with Crippen molar-refractivity contribution in [2.75, 3.05) is 18.4 Å². The first-order valence-electron chi connectivity index (χ1n) is 10.7. The largest absolute Gasteiger partial charge is 0.434 e. The molecule has 0 spiro atoms. The number of aromatic nitrogens is 5. The number of nitrogens with one attached hydrogen (secondary N) is 2. The highest BCUT2D eigenvalue weighted by molar-refractivity contribution is 6.31. The smallest absolute Gasteiger partial charge is 0.387 e. The van der Waals surface area contributed by atoms with Crippen LogP contribution in [0.4, 0.5) is 14.5 Å². The zero-order chi connectivity index (χ0) is 24.5. The Bertz CT molecular complexity index is 1380. The maximum absolute atomic E-state index is 13.2. The first-order valence-corrected chi connectivity index (χ1v) is 11.1. The Balaban J connectivity index is 1.58. The van der Waals surface area contributed by atoms with Gasteiger partial charge in [-0.1, -0.05) is 11.6 Å². The third kappa shape index (κ3) is 4.67. The number of ether oxygens (including phenoxy) is 1. The van der Waals surface area contributed by atoms with Crippen LogP contribution in [0.1, 0.15) is 22.8 Å². The summed E-state index contributed by atoms with van der Waals surface area (Å²) < 4.78 is 33.9. The molecule has 0 bridgehead atoms. The molecule has 2 atom stereocenters. The van der Waals surface area contributed by atoms with Crippen LogP contribution in [0, 0.1) is 0 Å². The van der Waals surface area contributed by atoms with E-state index in [-0.39, 0.29) is 33.3 Å². The van der Waals surface area contributed by atoms with E-state index in [9.17, 15) is 18.7 Å². The number of piperidine rings is 1. The Labute approximate surface area is 202 Å². The maximum atomic E-state index is 13.2. The first-order chi connectivity index (χ1) is 16.9. The minimum Gasteiger partial charge on any atom is -0.434 e. The average molecular weight is 504 g/mol. The van der Waals surface area contributed by atoms with E-state index in [1.165, 1.54) is 39.8 Å². The molecule has 0 unspecified atom stereocenters. The first kappa shape index (κ1) is 23.1. The lowest BCUT2D eigenvalue weighted by Crippen LogP contribution is -2.41. The Morgan fingerprint density at radius 3 is 3.03 bits per heavy atom. The Kier molecular flexibility index (Phi) is 6.32. The van der Waals surface area contributed by atoms with Crippen LogP contribution in [-0.2, 0) is 0 Å². The molecular weight excluding hydrogens is 484 g/mol. The van der Waals surface area contributed by atoms with Crippen molar-refractivity contribution in [3.05, 3.63) is 59.6 Å². The second-order valence-electron chi connectivity index (χ2n) is 7.92. The standard InChI is InChI=1S/C22H20ClF2N7O3/c23-12-2-3-18(35-22(24)25)13(8-12)19-15(11-32(30-19)16-4-6-26-10-17(16)33)29-21(34)14-9-28-31-7-1-5-27-20(14)31/h1-3,5,7-9,11,16-17,22,26,33H,4,6,10H2,(H,29,34)/t16-,17+/m1/s1. The van der Waals surface area contributed by atoms with E-state index in [2.05, 4.69) is 30.6 Å². The van der Waals surface area contributed by atoms with Crippen LogP contribution in [-0.4, -0.2) is 61.2 Å². The van der Waals surface area contributed by atoms with Crippen LogP contribution < -0.4 is 15.4 Å². The molecule has 13 heteroatoms. The van der Waals surface area contributed by atoms with Crippen molar-refractivity contribution >= 4 is 28.8 Å². The van der Waals surface area contributed by atoms with E-state index >= 15 is 0 Å². The molecule has 1 aliphatic heterocycles. The van der Waals surface area contributed by atoms with Crippen LogP contribution in [0.15, 0.2) is 49.1 Å². The predicted molar refractivity (Wildman–Crippen MR) is 123 cm³/mol. The number of hydrogen-bond acceptors (Lipinski definition) is 7. The molecule has 35 heavy (non-hydrogen) atoms. The van der Waals surface area contributed by atoms with Gasteiger partial charge in [0.05, 0.1) is 24.0 Å². The van der Waals surface area contributed by atoms with Crippen LogP contribution >= 0.6 is 11.6 Å². The van der Waals surface area contributed by atoms with Gasteiger partial charge in [-0.3, -0.25) is 9.48 Å². The summed E-state index contributed by atoms with van der Waals surface area (Å²) in [5, 5.41) is 25.3. The molecule has 0 aliphatic carbocycles. The number of carbonyl (C=O) groups excluding carboxylic acids is 1. The van der Waals surface area contributed by atoms with Gasteiger partial charge in [0.25, 0.3) is 5.91 Å². The monoisotopic (exact) mass is 503 g/mol. The summed E-state index contributed by atoms with van der Waals surface area (Å²) in [4.78, 5) is 17.4. The average Bonchev–Trinajstić information content (AvgIpc) is 3.45. The molecule has 0 radical (unpaired) electrons. The number of fused-ring (bicyclic) bond motifs is 1. The van der Waals surface area contributed by atoms with Gasteiger partial charge in [0.2, 0.25) is 0 Å². The van der Waals surface area contributed by atoms with Crippen molar-refractivity contribution in [1.29, 1.82) is 0 Å². The highest BCUT2D eigenvalue weighted by Gasteiger charge is 2.28. The van der Waals surface area contributed by atoms with Gasteiger partial charge in [-0.25, -0.2) is 9.50 Å². The maximum Gasteiger partial charge on any atom is 0.387 e. The summed E-state index contributed by atoms with van der Waals surface area (Å²) in [6, 6.07) is 5.44. The van der Waals surface area contributed by atoms with Gasteiger partial charge < -0.3 is 20.5 Å². The summed E-state index contributed by atoms with van der Waals surface area (Å²) in [5.41, 5.74) is 1.09. The summed E-state index contributed by atoms with van der Waals surface area (Å²) >= 11 is 6.15. The number of amides is 1. The van der Waals surface area contributed by atoms with Gasteiger partial charge in [-0.05, 0) is 37.2 Å². The highest BCUT2D eigenvalue weighted by atomic mass is 35.5.